The average molecular weight is 242 g/mol. The zero-order chi connectivity index (χ0) is 11.9. The van der Waals surface area contributed by atoms with Crippen LogP contribution in [0.3, 0.4) is 0 Å². The van der Waals surface area contributed by atoms with Crippen LogP contribution in [-0.4, -0.2) is 11.5 Å². The summed E-state index contributed by atoms with van der Waals surface area (Å²) in [5.41, 5.74) is 0.648. The highest BCUT2D eigenvalue weighted by Gasteiger charge is 2.32. The number of thioether (sulfide) groups is 1. The highest BCUT2D eigenvalue weighted by atomic mass is 32.2. The van der Waals surface area contributed by atoms with Crippen LogP contribution >= 0.6 is 11.8 Å². The summed E-state index contributed by atoms with van der Waals surface area (Å²) >= 11 is 2.16. The molecule has 0 spiro atoms. The molecule has 1 rings (SSSR count). The molecule has 0 aliphatic carbocycles. The van der Waals surface area contributed by atoms with Gasteiger partial charge in [-0.1, -0.05) is 52.9 Å². The second-order valence-electron chi connectivity index (χ2n) is 5.70. The van der Waals surface area contributed by atoms with Gasteiger partial charge in [-0.2, -0.15) is 11.8 Å². The monoisotopic (exact) mass is 242 g/mol. The summed E-state index contributed by atoms with van der Waals surface area (Å²) in [5.74, 6) is 3.84. The lowest BCUT2D eigenvalue weighted by atomic mass is 9.69. The van der Waals surface area contributed by atoms with E-state index in [0.717, 1.165) is 5.92 Å². The summed E-state index contributed by atoms with van der Waals surface area (Å²) in [6.45, 7) is 7.26. The maximum Gasteiger partial charge on any atom is -0.00647 e. The molecule has 96 valence electrons. The largest absolute Gasteiger partial charge is 0.162 e. The van der Waals surface area contributed by atoms with Gasteiger partial charge >= 0.3 is 0 Å². The Kier molecular flexibility index (Phi) is 6.87. The van der Waals surface area contributed by atoms with E-state index < -0.39 is 0 Å². The molecule has 0 nitrogen and oxygen atoms in total. The molecule has 0 saturated carbocycles. The number of rotatable bonds is 7. The molecule has 1 heterocycles. The first-order valence-electron chi connectivity index (χ1n) is 7.30. The van der Waals surface area contributed by atoms with Crippen molar-refractivity contribution < 1.29 is 0 Å². The van der Waals surface area contributed by atoms with Crippen LogP contribution in [0.2, 0.25) is 0 Å². The minimum absolute atomic E-state index is 0.648. The summed E-state index contributed by atoms with van der Waals surface area (Å²) in [6, 6.07) is 0. The Morgan fingerprint density at radius 3 is 2.31 bits per heavy atom. The molecule has 1 fully saturated rings. The van der Waals surface area contributed by atoms with Crippen molar-refractivity contribution in [1.82, 2.24) is 0 Å². The number of hydrogen-bond donors (Lipinski definition) is 0. The van der Waals surface area contributed by atoms with Crippen LogP contribution in [0, 0.1) is 11.3 Å². The van der Waals surface area contributed by atoms with Gasteiger partial charge < -0.3 is 0 Å². The molecule has 1 unspecified atom stereocenters. The normalized spacial score (nSPS) is 21.9. The highest BCUT2D eigenvalue weighted by Crippen LogP contribution is 2.43. The van der Waals surface area contributed by atoms with Crippen molar-refractivity contribution in [3.8, 4) is 0 Å². The number of hydrogen-bond acceptors (Lipinski definition) is 1. The van der Waals surface area contributed by atoms with E-state index in [1.54, 1.807) is 0 Å². The van der Waals surface area contributed by atoms with Crippen molar-refractivity contribution in [2.24, 2.45) is 11.3 Å². The molecule has 1 aliphatic heterocycles. The predicted molar refractivity (Wildman–Crippen MR) is 77.2 cm³/mol. The Labute approximate surface area is 107 Å². The Bertz CT molecular complexity index is 172. The molecule has 0 bridgehead atoms. The molecular formula is C15H30S. The van der Waals surface area contributed by atoms with Crippen LogP contribution in [0.15, 0.2) is 0 Å². The first-order chi connectivity index (χ1) is 7.73. The Balaban J connectivity index is 2.35. The fourth-order valence-electron chi connectivity index (χ4n) is 3.02. The van der Waals surface area contributed by atoms with Gasteiger partial charge in [-0.25, -0.2) is 0 Å². The van der Waals surface area contributed by atoms with Gasteiger partial charge in [-0.15, -0.1) is 0 Å². The first kappa shape index (κ1) is 14.4. The minimum Gasteiger partial charge on any atom is -0.162 e. The Morgan fingerprint density at radius 2 is 1.75 bits per heavy atom. The summed E-state index contributed by atoms with van der Waals surface area (Å²) in [7, 11) is 0. The summed E-state index contributed by atoms with van der Waals surface area (Å²) in [6.07, 6.45) is 11.5. The molecule has 0 aromatic rings. The van der Waals surface area contributed by atoms with Crippen molar-refractivity contribution in [2.75, 3.05) is 11.5 Å². The van der Waals surface area contributed by atoms with Crippen molar-refractivity contribution in [1.29, 1.82) is 0 Å². The van der Waals surface area contributed by atoms with E-state index in [4.69, 9.17) is 0 Å². The quantitative estimate of drug-likeness (QED) is 0.530. The van der Waals surface area contributed by atoms with Gasteiger partial charge in [-0.05, 0) is 42.1 Å². The van der Waals surface area contributed by atoms with Crippen LogP contribution in [0.4, 0.5) is 0 Å². The van der Waals surface area contributed by atoms with E-state index in [1.807, 2.05) is 0 Å². The predicted octanol–water partition coefficient (Wildman–Crippen LogP) is 5.52. The first-order valence-corrected chi connectivity index (χ1v) is 8.46. The molecule has 16 heavy (non-hydrogen) atoms. The molecule has 1 saturated heterocycles. The fourth-order valence-corrected chi connectivity index (χ4v) is 4.13. The van der Waals surface area contributed by atoms with Gasteiger partial charge in [0, 0.05) is 0 Å². The van der Waals surface area contributed by atoms with Crippen molar-refractivity contribution in [3.63, 3.8) is 0 Å². The topological polar surface area (TPSA) is 0 Å². The number of unbranched alkanes of at least 4 members (excludes halogenated alkanes) is 3. The van der Waals surface area contributed by atoms with E-state index >= 15 is 0 Å². The molecule has 1 aliphatic rings. The lowest BCUT2D eigenvalue weighted by Gasteiger charge is -2.39. The van der Waals surface area contributed by atoms with E-state index in [1.165, 1.54) is 62.9 Å². The third-order valence-corrected chi connectivity index (χ3v) is 5.66. The Morgan fingerprint density at radius 1 is 1.06 bits per heavy atom. The second kappa shape index (κ2) is 7.63. The van der Waals surface area contributed by atoms with Gasteiger partial charge in [0.2, 0.25) is 0 Å². The zero-order valence-corrected chi connectivity index (χ0v) is 12.4. The van der Waals surface area contributed by atoms with Crippen LogP contribution < -0.4 is 0 Å². The molecule has 0 N–H and O–H groups in total. The molecule has 1 atom stereocenters. The molecule has 1 heteroatoms. The molecule has 0 radical (unpaired) electrons. The van der Waals surface area contributed by atoms with Crippen molar-refractivity contribution >= 4 is 11.8 Å². The van der Waals surface area contributed by atoms with Crippen LogP contribution in [0.25, 0.3) is 0 Å². The second-order valence-corrected chi connectivity index (χ2v) is 6.93. The third kappa shape index (κ3) is 4.31. The van der Waals surface area contributed by atoms with E-state index in [2.05, 4.69) is 32.5 Å². The minimum atomic E-state index is 0.648. The van der Waals surface area contributed by atoms with Gasteiger partial charge in [0.25, 0.3) is 0 Å². The van der Waals surface area contributed by atoms with E-state index in [-0.39, 0.29) is 0 Å². The maximum atomic E-state index is 2.56. The van der Waals surface area contributed by atoms with E-state index in [0.29, 0.717) is 5.41 Å². The summed E-state index contributed by atoms with van der Waals surface area (Å²) < 4.78 is 0. The standard InChI is InChI=1S/C15H30S/c1-4-6-7-8-11-15(3,5-2)14-9-12-16-13-10-14/h14H,4-13H2,1-3H3. The van der Waals surface area contributed by atoms with Crippen LogP contribution in [-0.2, 0) is 0 Å². The average Bonchev–Trinajstić information content (AvgIpc) is 2.35. The maximum absolute atomic E-state index is 2.56. The molecule has 0 aromatic carbocycles. The van der Waals surface area contributed by atoms with E-state index in [9.17, 15) is 0 Å². The zero-order valence-electron chi connectivity index (χ0n) is 11.6. The molecule has 0 aromatic heterocycles. The van der Waals surface area contributed by atoms with Gasteiger partial charge in [-0.3, -0.25) is 0 Å². The molecular weight excluding hydrogens is 212 g/mol. The summed E-state index contributed by atoms with van der Waals surface area (Å²) in [5, 5.41) is 0. The van der Waals surface area contributed by atoms with Gasteiger partial charge in [0.15, 0.2) is 0 Å². The smallest absolute Gasteiger partial charge is 0.00647 e. The van der Waals surface area contributed by atoms with Crippen LogP contribution in [0.5, 0.6) is 0 Å². The Hall–Kier alpha value is 0.350. The van der Waals surface area contributed by atoms with Gasteiger partial charge in [0.05, 0.1) is 0 Å². The van der Waals surface area contributed by atoms with Crippen molar-refractivity contribution in [2.45, 2.75) is 72.1 Å². The van der Waals surface area contributed by atoms with Crippen LogP contribution in [0.1, 0.15) is 72.1 Å². The summed E-state index contributed by atoms with van der Waals surface area (Å²) in [4.78, 5) is 0. The fraction of sp³-hybridized carbons (Fsp3) is 1.00. The highest BCUT2D eigenvalue weighted by molar-refractivity contribution is 7.99. The van der Waals surface area contributed by atoms with Crippen molar-refractivity contribution in [3.05, 3.63) is 0 Å². The van der Waals surface area contributed by atoms with Gasteiger partial charge in [0.1, 0.15) is 0 Å². The third-order valence-electron chi connectivity index (χ3n) is 4.62. The lowest BCUT2D eigenvalue weighted by molar-refractivity contribution is 0.144. The lowest BCUT2D eigenvalue weighted by Crippen LogP contribution is -2.30. The SMILES string of the molecule is CCCCCCC(C)(CC)C1CCSCC1. The molecule has 0 amide bonds.